The highest BCUT2D eigenvalue weighted by Gasteiger charge is 2.37. The van der Waals surface area contributed by atoms with Gasteiger partial charge >= 0.3 is 0 Å². The molecule has 1 saturated heterocycles. The molecule has 4 rings (SSSR count). The summed E-state index contributed by atoms with van der Waals surface area (Å²) >= 11 is 0. The number of hydrogen-bond acceptors (Lipinski definition) is 3. The summed E-state index contributed by atoms with van der Waals surface area (Å²) in [6, 6.07) is 9.73. The second-order valence-corrected chi connectivity index (χ2v) is 6.97. The highest BCUT2D eigenvalue weighted by molar-refractivity contribution is 5.97. The fourth-order valence-corrected chi connectivity index (χ4v) is 3.27. The van der Waals surface area contributed by atoms with E-state index in [1.807, 2.05) is 31.2 Å². The summed E-state index contributed by atoms with van der Waals surface area (Å²) in [5.74, 6) is -0.175. The Morgan fingerprint density at radius 3 is 2.68 bits per heavy atom. The van der Waals surface area contributed by atoms with Crippen LogP contribution in [0, 0.1) is 6.92 Å². The number of carbonyl (C=O) groups excluding carboxylic acids is 2. The minimum absolute atomic E-state index is 0.0216. The molecule has 1 aromatic heterocycles. The van der Waals surface area contributed by atoms with E-state index >= 15 is 0 Å². The Hall–Kier alpha value is -2.63. The number of rotatable bonds is 4. The second-order valence-electron chi connectivity index (χ2n) is 6.97. The summed E-state index contributed by atoms with van der Waals surface area (Å²) in [7, 11) is 0. The lowest BCUT2D eigenvalue weighted by atomic mass is 10.1. The zero-order chi connectivity index (χ0) is 17.4. The van der Waals surface area contributed by atoms with E-state index < -0.39 is 0 Å². The van der Waals surface area contributed by atoms with Gasteiger partial charge in [0.1, 0.15) is 11.7 Å². The van der Waals surface area contributed by atoms with Gasteiger partial charge in [0.15, 0.2) is 0 Å². The van der Waals surface area contributed by atoms with E-state index in [4.69, 9.17) is 0 Å². The van der Waals surface area contributed by atoms with Crippen molar-refractivity contribution in [2.75, 3.05) is 6.54 Å². The van der Waals surface area contributed by atoms with E-state index in [-0.39, 0.29) is 17.9 Å². The Kier molecular flexibility index (Phi) is 4.03. The summed E-state index contributed by atoms with van der Waals surface area (Å²) in [5.41, 5.74) is 3.31. The first kappa shape index (κ1) is 15.9. The topological polar surface area (TPSA) is 78.1 Å². The average molecular weight is 338 g/mol. The lowest BCUT2D eigenvalue weighted by molar-refractivity contribution is -0.125. The van der Waals surface area contributed by atoms with Gasteiger partial charge in [0.2, 0.25) is 5.91 Å². The number of aromatic nitrogens is 2. The maximum atomic E-state index is 12.8. The molecule has 0 radical (unpaired) electrons. The van der Waals surface area contributed by atoms with Gasteiger partial charge in [-0.1, -0.05) is 29.8 Å². The average Bonchev–Trinajstić information content (AvgIpc) is 3.12. The van der Waals surface area contributed by atoms with Gasteiger partial charge in [-0.25, -0.2) is 0 Å². The molecule has 2 aliphatic rings. The standard InChI is InChI=1S/C19H22N4O2/c1-12-4-6-13(7-5-12)15-11-16(22-21-15)19(25)23-10-2-3-17(23)18(24)20-14-8-9-14/h4-7,11,14,17H,2-3,8-10H2,1H3,(H,20,24)(H,21,22). The van der Waals surface area contributed by atoms with Gasteiger partial charge in [0.05, 0.1) is 5.69 Å². The van der Waals surface area contributed by atoms with Crippen molar-refractivity contribution in [1.82, 2.24) is 20.4 Å². The van der Waals surface area contributed by atoms with Crippen LogP contribution in [0.3, 0.4) is 0 Å². The molecular weight excluding hydrogens is 316 g/mol. The van der Waals surface area contributed by atoms with Crippen molar-refractivity contribution in [3.05, 3.63) is 41.6 Å². The molecule has 0 spiro atoms. The summed E-state index contributed by atoms with van der Waals surface area (Å²) in [4.78, 5) is 26.9. The first-order valence-electron chi connectivity index (χ1n) is 8.85. The number of likely N-dealkylation sites (tertiary alicyclic amines) is 1. The molecule has 1 unspecified atom stereocenters. The number of H-pyrrole nitrogens is 1. The van der Waals surface area contributed by atoms with Gasteiger partial charge in [-0.05, 0) is 38.7 Å². The fraction of sp³-hybridized carbons (Fsp3) is 0.421. The number of carbonyl (C=O) groups is 2. The van der Waals surface area contributed by atoms with E-state index in [9.17, 15) is 9.59 Å². The third kappa shape index (κ3) is 3.29. The van der Waals surface area contributed by atoms with Crippen LogP contribution in [-0.2, 0) is 4.79 Å². The van der Waals surface area contributed by atoms with Crippen molar-refractivity contribution in [3.8, 4) is 11.3 Å². The van der Waals surface area contributed by atoms with E-state index in [0.29, 0.717) is 18.3 Å². The summed E-state index contributed by atoms with van der Waals surface area (Å²) in [5, 5.41) is 10.1. The zero-order valence-electron chi connectivity index (χ0n) is 14.3. The van der Waals surface area contributed by atoms with Gasteiger partial charge in [0, 0.05) is 18.2 Å². The SMILES string of the molecule is Cc1ccc(-c2cc(C(=O)N3CCCC3C(=O)NC3CC3)[nH]n2)cc1. The lowest BCUT2D eigenvalue weighted by Gasteiger charge is -2.23. The van der Waals surface area contributed by atoms with Crippen LogP contribution < -0.4 is 5.32 Å². The number of nitrogens with zero attached hydrogens (tertiary/aromatic N) is 2. The number of aromatic amines is 1. The van der Waals surface area contributed by atoms with Gasteiger partial charge in [0.25, 0.3) is 5.91 Å². The first-order chi connectivity index (χ1) is 12.1. The largest absolute Gasteiger partial charge is 0.352 e. The fourth-order valence-electron chi connectivity index (χ4n) is 3.27. The van der Waals surface area contributed by atoms with Crippen LogP contribution in [0.2, 0.25) is 0 Å². The number of aryl methyl sites for hydroxylation is 1. The molecule has 6 nitrogen and oxygen atoms in total. The van der Waals surface area contributed by atoms with E-state index in [0.717, 1.165) is 36.9 Å². The summed E-state index contributed by atoms with van der Waals surface area (Å²) in [6.45, 7) is 2.64. The van der Waals surface area contributed by atoms with Crippen molar-refractivity contribution in [2.24, 2.45) is 0 Å². The molecule has 6 heteroatoms. The molecule has 1 saturated carbocycles. The summed E-state index contributed by atoms with van der Waals surface area (Å²) in [6.07, 6.45) is 3.68. The van der Waals surface area contributed by atoms with Crippen LogP contribution in [0.5, 0.6) is 0 Å². The molecule has 1 aliphatic carbocycles. The van der Waals surface area contributed by atoms with Crippen molar-refractivity contribution in [2.45, 2.75) is 44.7 Å². The molecule has 0 bridgehead atoms. The Morgan fingerprint density at radius 1 is 1.20 bits per heavy atom. The maximum absolute atomic E-state index is 12.8. The maximum Gasteiger partial charge on any atom is 0.272 e. The van der Waals surface area contributed by atoms with E-state index in [1.165, 1.54) is 5.56 Å². The zero-order valence-corrected chi connectivity index (χ0v) is 14.3. The van der Waals surface area contributed by atoms with Crippen LogP contribution in [-0.4, -0.2) is 45.5 Å². The molecule has 2 fully saturated rings. The molecule has 2 amide bonds. The molecule has 1 aliphatic heterocycles. The minimum Gasteiger partial charge on any atom is -0.352 e. The smallest absolute Gasteiger partial charge is 0.272 e. The molecule has 130 valence electrons. The predicted octanol–water partition coefficient (Wildman–Crippen LogP) is 2.27. The third-order valence-electron chi connectivity index (χ3n) is 4.90. The normalized spacial score (nSPS) is 19.9. The second kappa shape index (κ2) is 6.35. The lowest BCUT2D eigenvalue weighted by Crippen LogP contribution is -2.46. The Balaban J connectivity index is 1.50. The first-order valence-corrected chi connectivity index (χ1v) is 8.85. The molecule has 1 aromatic carbocycles. The summed E-state index contributed by atoms with van der Waals surface area (Å²) < 4.78 is 0. The third-order valence-corrected chi connectivity index (χ3v) is 4.90. The van der Waals surface area contributed by atoms with Crippen molar-refractivity contribution < 1.29 is 9.59 Å². The quantitative estimate of drug-likeness (QED) is 0.898. The van der Waals surface area contributed by atoms with Crippen LogP contribution in [0.15, 0.2) is 30.3 Å². The Bertz CT molecular complexity index is 792. The molecular formula is C19H22N4O2. The van der Waals surface area contributed by atoms with Gasteiger partial charge in [-0.15, -0.1) is 0 Å². The molecule has 1 atom stereocenters. The van der Waals surface area contributed by atoms with Crippen LogP contribution in [0.1, 0.15) is 41.7 Å². The van der Waals surface area contributed by atoms with Gasteiger partial charge in [-0.2, -0.15) is 5.10 Å². The highest BCUT2D eigenvalue weighted by Crippen LogP contribution is 2.25. The number of hydrogen-bond donors (Lipinski definition) is 2. The minimum atomic E-state index is -0.362. The molecule has 2 N–H and O–H groups in total. The Morgan fingerprint density at radius 2 is 1.96 bits per heavy atom. The number of benzene rings is 1. The van der Waals surface area contributed by atoms with Crippen LogP contribution >= 0.6 is 0 Å². The molecule has 2 heterocycles. The monoisotopic (exact) mass is 338 g/mol. The van der Waals surface area contributed by atoms with Gasteiger partial charge < -0.3 is 10.2 Å². The van der Waals surface area contributed by atoms with Crippen molar-refractivity contribution in [3.63, 3.8) is 0 Å². The van der Waals surface area contributed by atoms with E-state index in [1.54, 1.807) is 11.0 Å². The van der Waals surface area contributed by atoms with Gasteiger partial charge in [-0.3, -0.25) is 14.7 Å². The van der Waals surface area contributed by atoms with Crippen LogP contribution in [0.25, 0.3) is 11.3 Å². The van der Waals surface area contributed by atoms with Crippen molar-refractivity contribution >= 4 is 11.8 Å². The number of amides is 2. The molecule has 25 heavy (non-hydrogen) atoms. The Labute approximate surface area is 146 Å². The highest BCUT2D eigenvalue weighted by atomic mass is 16.2. The molecule has 2 aromatic rings. The predicted molar refractivity (Wildman–Crippen MR) is 94.0 cm³/mol. The van der Waals surface area contributed by atoms with E-state index in [2.05, 4.69) is 15.5 Å². The van der Waals surface area contributed by atoms with Crippen molar-refractivity contribution in [1.29, 1.82) is 0 Å². The number of nitrogens with one attached hydrogen (secondary N) is 2. The van der Waals surface area contributed by atoms with Crippen LogP contribution in [0.4, 0.5) is 0 Å².